The first-order chi connectivity index (χ1) is 13.2. The van der Waals surface area contributed by atoms with Gasteiger partial charge >= 0.3 is 6.09 Å². The van der Waals surface area contributed by atoms with Crippen molar-refractivity contribution in [2.45, 2.75) is 45.3 Å². The van der Waals surface area contributed by atoms with Gasteiger partial charge in [0.05, 0.1) is 0 Å². The Morgan fingerprint density at radius 2 is 1.75 bits per heavy atom. The van der Waals surface area contributed by atoms with Crippen LogP contribution in [-0.2, 0) is 22.4 Å². The van der Waals surface area contributed by atoms with Crippen molar-refractivity contribution in [2.75, 3.05) is 7.05 Å². The molecule has 0 unspecified atom stereocenters. The van der Waals surface area contributed by atoms with Gasteiger partial charge in [-0.2, -0.15) is 0 Å². The zero-order valence-electron chi connectivity index (χ0n) is 16.8. The number of phenols is 1. The summed E-state index contributed by atoms with van der Waals surface area (Å²) in [5.74, 6) is -0.157. The van der Waals surface area contributed by atoms with Crippen LogP contribution in [-0.4, -0.2) is 35.8 Å². The highest BCUT2D eigenvalue weighted by molar-refractivity contribution is 5.85. The molecule has 0 spiro atoms. The number of hydrogen-bond acceptors (Lipinski definition) is 4. The monoisotopic (exact) mass is 384 g/mol. The van der Waals surface area contributed by atoms with Crippen molar-refractivity contribution in [3.05, 3.63) is 65.2 Å². The van der Waals surface area contributed by atoms with Gasteiger partial charge in [0.2, 0.25) is 5.91 Å². The van der Waals surface area contributed by atoms with Crippen LogP contribution in [0.1, 0.15) is 37.5 Å². The van der Waals surface area contributed by atoms with Crippen LogP contribution in [0.2, 0.25) is 0 Å². The first-order valence-corrected chi connectivity index (χ1v) is 9.24. The van der Waals surface area contributed by atoms with E-state index in [0.29, 0.717) is 6.42 Å². The number of alkyl carbamates (subject to hydrolysis) is 1. The SMILES string of the molecule is CNC(=O)[C@H](Cc1ccc(O)cc1Cc1ccccc1)NC(=O)OC(C)(C)C. The molecule has 0 saturated carbocycles. The van der Waals surface area contributed by atoms with Crippen molar-refractivity contribution in [1.29, 1.82) is 0 Å². The Labute approximate surface area is 165 Å². The molecule has 2 rings (SSSR count). The summed E-state index contributed by atoms with van der Waals surface area (Å²) in [6, 6.07) is 14.1. The molecule has 0 fully saturated rings. The minimum atomic E-state index is -0.793. The zero-order chi connectivity index (χ0) is 20.7. The van der Waals surface area contributed by atoms with Gasteiger partial charge in [-0.3, -0.25) is 4.79 Å². The third kappa shape index (κ3) is 6.61. The fraction of sp³-hybridized carbons (Fsp3) is 0.364. The maximum Gasteiger partial charge on any atom is 0.408 e. The number of carbonyl (C=O) groups excluding carboxylic acids is 2. The van der Waals surface area contributed by atoms with Crippen molar-refractivity contribution < 1.29 is 19.4 Å². The zero-order valence-corrected chi connectivity index (χ0v) is 16.8. The highest BCUT2D eigenvalue weighted by atomic mass is 16.6. The lowest BCUT2D eigenvalue weighted by atomic mass is 9.95. The number of rotatable bonds is 6. The molecule has 6 nitrogen and oxygen atoms in total. The standard InChI is InChI=1S/C22H28N2O4/c1-22(2,3)28-21(27)24-19(20(26)23-4)14-16-10-11-18(25)13-17(16)12-15-8-6-5-7-9-15/h5-11,13,19,25H,12,14H2,1-4H3,(H,23,26)(H,24,27)/t19-/m0/s1. The summed E-state index contributed by atoms with van der Waals surface area (Å²) in [6.07, 6.45) is 0.239. The minimum absolute atomic E-state index is 0.159. The van der Waals surface area contributed by atoms with Gasteiger partial charge in [0, 0.05) is 13.5 Å². The highest BCUT2D eigenvalue weighted by Crippen LogP contribution is 2.21. The van der Waals surface area contributed by atoms with Gasteiger partial charge in [-0.25, -0.2) is 4.79 Å². The third-order valence-corrected chi connectivity index (χ3v) is 4.11. The van der Waals surface area contributed by atoms with Gasteiger partial charge < -0.3 is 20.5 Å². The predicted molar refractivity (Wildman–Crippen MR) is 108 cm³/mol. The predicted octanol–water partition coefficient (Wildman–Crippen LogP) is 3.16. The number of aromatic hydroxyl groups is 1. The summed E-state index contributed by atoms with van der Waals surface area (Å²) in [5.41, 5.74) is 2.19. The summed E-state index contributed by atoms with van der Waals surface area (Å²) in [7, 11) is 1.52. The van der Waals surface area contributed by atoms with Crippen LogP contribution >= 0.6 is 0 Å². The molecule has 0 aromatic heterocycles. The number of ether oxygens (including phenoxy) is 1. The van der Waals surface area contributed by atoms with Crippen molar-refractivity contribution >= 4 is 12.0 Å². The summed E-state index contributed by atoms with van der Waals surface area (Å²) >= 11 is 0. The molecule has 150 valence electrons. The van der Waals surface area contributed by atoms with Gasteiger partial charge in [0.25, 0.3) is 0 Å². The quantitative estimate of drug-likeness (QED) is 0.714. The Balaban J connectivity index is 2.23. The highest BCUT2D eigenvalue weighted by Gasteiger charge is 2.25. The van der Waals surface area contributed by atoms with E-state index in [9.17, 15) is 14.7 Å². The van der Waals surface area contributed by atoms with Gasteiger partial charge in [-0.15, -0.1) is 0 Å². The molecule has 28 heavy (non-hydrogen) atoms. The number of phenolic OH excluding ortho intramolecular Hbond substituents is 1. The van der Waals surface area contributed by atoms with Crippen LogP contribution < -0.4 is 10.6 Å². The molecule has 3 N–H and O–H groups in total. The van der Waals surface area contributed by atoms with E-state index >= 15 is 0 Å². The van der Waals surface area contributed by atoms with E-state index in [1.54, 1.807) is 39.0 Å². The number of hydrogen-bond donors (Lipinski definition) is 3. The Kier molecular flexibility index (Phi) is 7.04. The maximum absolute atomic E-state index is 12.3. The summed E-state index contributed by atoms with van der Waals surface area (Å²) in [4.78, 5) is 24.5. The lowest BCUT2D eigenvalue weighted by molar-refractivity contribution is -0.122. The van der Waals surface area contributed by atoms with Crippen molar-refractivity contribution in [3.8, 4) is 5.75 Å². The second kappa shape index (κ2) is 9.26. The topological polar surface area (TPSA) is 87.7 Å². The lowest BCUT2D eigenvalue weighted by Gasteiger charge is -2.23. The summed E-state index contributed by atoms with van der Waals surface area (Å²) in [6.45, 7) is 5.29. The van der Waals surface area contributed by atoms with Crippen LogP contribution in [0.15, 0.2) is 48.5 Å². The number of amides is 2. The molecule has 0 aliphatic rings. The number of benzene rings is 2. The van der Waals surface area contributed by atoms with E-state index < -0.39 is 17.7 Å². The van der Waals surface area contributed by atoms with Crippen LogP contribution in [0, 0.1) is 0 Å². The van der Waals surface area contributed by atoms with E-state index in [0.717, 1.165) is 16.7 Å². The van der Waals surface area contributed by atoms with Crippen molar-refractivity contribution in [2.24, 2.45) is 0 Å². The molecule has 0 saturated heterocycles. The summed E-state index contributed by atoms with van der Waals surface area (Å²) in [5, 5.41) is 15.1. The third-order valence-electron chi connectivity index (χ3n) is 4.11. The summed E-state index contributed by atoms with van der Waals surface area (Å²) < 4.78 is 5.28. The molecule has 6 heteroatoms. The first-order valence-electron chi connectivity index (χ1n) is 9.24. The van der Waals surface area contributed by atoms with Gasteiger partial charge in [0.15, 0.2) is 0 Å². The Morgan fingerprint density at radius 1 is 1.07 bits per heavy atom. The molecule has 2 amide bonds. The molecule has 0 radical (unpaired) electrons. The largest absolute Gasteiger partial charge is 0.508 e. The molecule has 0 bridgehead atoms. The van der Waals surface area contributed by atoms with E-state index in [4.69, 9.17) is 4.74 Å². The minimum Gasteiger partial charge on any atom is -0.508 e. The average molecular weight is 384 g/mol. The van der Waals surface area contributed by atoms with Crippen LogP contribution in [0.3, 0.4) is 0 Å². The number of carbonyl (C=O) groups is 2. The normalized spacial score (nSPS) is 12.1. The Hall–Kier alpha value is -3.02. The van der Waals surface area contributed by atoms with Crippen LogP contribution in [0.25, 0.3) is 0 Å². The number of nitrogens with one attached hydrogen (secondary N) is 2. The van der Waals surface area contributed by atoms with E-state index in [1.807, 2.05) is 30.3 Å². The van der Waals surface area contributed by atoms with Gasteiger partial charge in [0.1, 0.15) is 17.4 Å². The molecule has 0 aliphatic heterocycles. The molecule has 0 aliphatic carbocycles. The molecule has 2 aromatic rings. The Morgan fingerprint density at radius 3 is 2.36 bits per heavy atom. The van der Waals surface area contributed by atoms with E-state index in [-0.39, 0.29) is 18.1 Å². The van der Waals surface area contributed by atoms with Crippen LogP contribution in [0.5, 0.6) is 5.75 Å². The van der Waals surface area contributed by atoms with E-state index in [2.05, 4.69) is 10.6 Å². The smallest absolute Gasteiger partial charge is 0.408 e. The Bertz CT molecular complexity index is 813. The fourth-order valence-corrected chi connectivity index (χ4v) is 2.85. The lowest BCUT2D eigenvalue weighted by Crippen LogP contribution is -2.48. The van der Waals surface area contributed by atoms with E-state index in [1.165, 1.54) is 7.05 Å². The van der Waals surface area contributed by atoms with Crippen LogP contribution in [0.4, 0.5) is 4.79 Å². The molecule has 2 aromatic carbocycles. The molecule has 1 atom stereocenters. The fourth-order valence-electron chi connectivity index (χ4n) is 2.85. The van der Waals surface area contributed by atoms with Gasteiger partial charge in [-0.1, -0.05) is 36.4 Å². The van der Waals surface area contributed by atoms with Crippen molar-refractivity contribution in [3.63, 3.8) is 0 Å². The molecular weight excluding hydrogens is 356 g/mol. The molecular formula is C22H28N2O4. The second-order valence-corrected chi connectivity index (χ2v) is 7.63. The van der Waals surface area contributed by atoms with Gasteiger partial charge in [-0.05, 0) is 56.0 Å². The number of likely N-dealkylation sites (N-methyl/N-ethyl adjacent to an activating group) is 1. The average Bonchev–Trinajstić information content (AvgIpc) is 2.62. The van der Waals surface area contributed by atoms with Crippen molar-refractivity contribution in [1.82, 2.24) is 10.6 Å². The first kappa shape index (κ1) is 21.3. The molecule has 0 heterocycles. The maximum atomic E-state index is 12.3. The second-order valence-electron chi connectivity index (χ2n) is 7.63.